The van der Waals surface area contributed by atoms with Crippen LogP contribution >= 0.6 is 11.6 Å². The van der Waals surface area contributed by atoms with Crippen LogP contribution in [0.15, 0.2) is 18.2 Å². The van der Waals surface area contributed by atoms with E-state index in [2.05, 4.69) is 0 Å². The second-order valence-electron chi connectivity index (χ2n) is 5.13. The van der Waals surface area contributed by atoms with E-state index in [1.165, 1.54) is 6.07 Å². The summed E-state index contributed by atoms with van der Waals surface area (Å²) in [6.07, 6.45) is 2.33. The molecule has 0 radical (unpaired) electrons. The summed E-state index contributed by atoms with van der Waals surface area (Å²) < 4.78 is 20.5. The van der Waals surface area contributed by atoms with Crippen LogP contribution in [0.4, 0.5) is 4.39 Å². The smallest absolute Gasteiger partial charge is 0.354 e. The van der Waals surface area contributed by atoms with Crippen LogP contribution in [0.1, 0.15) is 30.3 Å². The highest BCUT2D eigenvalue weighted by Crippen LogP contribution is 2.34. The average molecular weight is 296 g/mol. The lowest BCUT2D eigenvalue weighted by molar-refractivity contribution is 0.0514. The first-order valence-electron chi connectivity index (χ1n) is 6.75. The van der Waals surface area contributed by atoms with Gasteiger partial charge in [-0.25, -0.2) is 9.18 Å². The van der Waals surface area contributed by atoms with Gasteiger partial charge in [0.25, 0.3) is 0 Å². The molecule has 1 fully saturated rings. The number of rotatable bonds is 4. The molecule has 5 heteroatoms. The van der Waals surface area contributed by atoms with E-state index >= 15 is 0 Å². The van der Waals surface area contributed by atoms with Crippen LogP contribution in [-0.4, -0.2) is 17.1 Å². The molecule has 3 nitrogen and oxygen atoms in total. The van der Waals surface area contributed by atoms with Gasteiger partial charge in [-0.3, -0.25) is 0 Å². The monoisotopic (exact) mass is 295 g/mol. The molecule has 1 heterocycles. The predicted molar refractivity (Wildman–Crippen MR) is 75.6 cm³/mol. The van der Waals surface area contributed by atoms with Gasteiger partial charge in [-0.15, -0.1) is 0 Å². The third kappa shape index (κ3) is 2.40. The Hall–Kier alpha value is -1.55. The zero-order chi connectivity index (χ0) is 14.3. The molecule has 3 rings (SSSR count). The lowest BCUT2D eigenvalue weighted by Crippen LogP contribution is -2.13. The highest BCUT2D eigenvalue weighted by Gasteiger charge is 2.26. The molecule has 0 aliphatic heterocycles. The quantitative estimate of drug-likeness (QED) is 0.798. The topological polar surface area (TPSA) is 31.2 Å². The molecule has 0 unspecified atom stereocenters. The van der Waals surface area contributed by atoms with Crippen molar-refractivity contribution in [2.24, 2.45) is 5.92 Å². The summed E-state index contributed by atoms with van der Waals surface area (Å²) in [6.45, 7) is 2.83. The number of fused-ring (bicyclic) bond motifs is 1. The fourth-order valence-corrected chi connectivity index (χ4v) is 2.54. The number of halogens is 2. The molecule has 20 heavy (non-hydrogen) atoms. The second-order valence-corrected chi connectivity index (χ2v) is 5.54. The Labute approximate surface area is 121 Å². The normalized spacial score (nSPS) is 14.8. The summed E-state index contributed by atoms with van der Waals surface area (Å²) in [7, 11) is 0. The molecule has 0 saturated heterocycles. The first-order valence-corrected chi connectivity index (χ1v) is 7.13. The van der Waals surface area contributed by atoms with Crippen LogP contribution in [0.2, 0.25) is 5.02 Å². The van der Waals surface area contributed by atoms with Gasteiger partial charge in [-0.2, -0.15) is 0 Å². The van der Waals surface area contributed by atoms with Crippen molar-refractivity contribution < 1.29 is 13.9 Å². The van der Waals surface area contributed by atoms with Crippen molar-refractivity contribution in [1.29, 1.82) is 0 Å². The van der Waals surface area contributed by atoms with Crippen LogP contribution < -0.4 is 0 Å². The number of carbonyl (C=O) groups is 1. The van der Waals surface area contributed by atoms with Gasteiger partial charge >= 0.3 is 5.97 Å². The fourth-order valence-electron chi connectivity index (χ4n) is 2.39. The van der Waals surface area contributed by atoms with E-state index in [1.807, 2.05) is 4.57 Å². The first-order chi connectivity index (χ1) is 9.60. The number of hydrogen-bond donors (Lipinski definition) is 0. The molecule has 1 aromatic carbocycles. The molecule has 2 aromatic rings. The number of nitrogens with zero attached hydrogens (tertiary/aromatic N) is 1. The van der Waals surface area contributed by atoms with Crippen LogP contribution in [0.25, 0.3) is 10.9 Å². The Morgan fingerprint density at radius 1 is 1.45 bits per heavy atom. The van der Waals surface area contributed by atoms with Crippen molar-refractivity contribution in [2.45, 2.75) is 26.3 Å². The third-order valence-electron chi connectivity index (χ3n) is 3.57. The molecule has 0 amide bonds. The maximum Gasteiger partial charge on any atom is 0.354 e. The maximum atomic E-state index is 13.6. The van der Waals surface area contributed by atoms with Gasteiger partial charge in [0.05, 0.1) is 17.1 Å². The van der Waals surface area contributed by atoms with Gasteiger partial charge in [-0.05, 0) is 43.9 Å². The second kappa shape index (κ2) is 5.09. The van der Waals surface area contributed by atoms with Crippen molar-refractivity contribution in [2.75, 3.05) is 6.61 Å². The Kier molecular flexibility index (Phi) is 3.42. The van der Waals surface area contributed by atoms with E-state index in [4.69, 9.17) is 16.3 Å². The summed E-state index contributed by atoms with van der Waals surface area (Å²) in [4.78, 5) is 12.0. The number of aromatic nitrogens is 1. The average Bonchev–Trinajstić information content (AvgIpc) is 3.15. The molecular weight excluding hydrogens is 281 g/mol. The molecule has 106 valence electrons. The lowest BCUT2D eigenvalue weighted by atomic mass is 10.2. The minimum absolute atomic E-state index is 0.0723. The van der Waals surface area contributed by atoms with Crippen LogP contribution in [0, 0.1) is 11.7 Å². The van der Waals surface area contributed by atoms with Crippen LogP contribution in [0.5, 0.6) is 0 Å². The highest BCUT2D eigenvalue weighted by molar-refractivity contribution is 6.31. The standard InChI is InChI=1S/C15H15ClFNO2/c1-2-20-15(19)14-6-10-5-12(17)11(16)7-13(10)18(14)8-9-3-4-9/h5-7,9H,2-4,8H2,1H3. The predicted octanol–water partition coefficient (Wildman–Crippen LogP) is 4.02. The van der Waals surface area contributed by atoms with Gasteiger partial charge < -0.3 is 9.30 Å². The van der Waals surface area contributed by atoms with Gasteiger partial charge in [0, 0.05) is 11.9 Å². The van der Waals surface area contributed by atoms with E-state index in [-0.39, 0.29) is 11.0 Å². The van der Waals surface area contributed by atoms with Gasteiger partial charge in [0.2, 0.25) is 0 Å². The third-order valence-corrected chi connectivity index (χ3v) is 3.86. The van der Waals surface area contributed by atoms with Crippen molar-refractivity contribution >= 4 is 28.5 Å². The number of benzene rings is 1. The van der Waals surface area contributed by atoms with E-state index in [0.29, 0.717) is 23.6 Å². The number of carbonyl (C=O) groups excluding carboxylic acids is 1. The molecule has 0 spiro atoms. The Morgan fingerprint density at radius 3 is 2.85 bits per heavy atom. The first kappa shape index (κ1) is 13.4. The van der Waals surface area contributed by atoms with E-state index in [9.17, 15) is 9.18 Å². The van der Waals surface area contributed by atoms with E-state index in [0.717, 1.165) is 24.9 Å². The Morgan fingerprint density at radius 2 is 2.20 bits per heavy atom. The molecule has 1 aliphatic rings. The fraction of sp³-hybridized carbons (Fsp3) is 0.400. The Bertz CT molecular complexity index is 676. The molecular formula is C15H15ClFNO2. The lowest BCUT2D eigenvalue weighted by Gasteiger charge is -2.09. The van der Waals surface area contributed by atoms with Gasteiger partial charge in [0.1, 0.15) is 11.5 Å². The molecule has 0 N–H and O–H groups in total. The van der Waals surface area contributed by atoms with Gasteiger partial charge in [0.15, 0.2) is 0 Å². The number of hydrogen-bond acceptors (Lipinski definition) is 2. The summed E-state index contributed by atoms with van der Waals surface area (Å²) in [5.41, 5.74) is 1.25. The summed E-state index contributed by atoms with van der Waals surface area (Å²) in [6, 6.07) is 4.62. The molecule has 0 atom stereocenters. The molecule has 0 bridgehead atoms. The summed E-state index contributed by atoms with van der Waals surface area (Å²) in [5, 5.41) is 0.749. The van der Waals surface area contributed by atoms with Crippen molar-refractivity contribution in [3.63, 3.8) is 0 Å². The summed E-state index contributed by atoms with van der Waals surface area (Å²) in [5.74, 6) is -0.262. The van der Waals surface area contributed by atoms with E-state index < -0.39 is 5.82 Å². The minimum atomic E-state index is -0.474. The highest BCUT2D eigenvalue weighted by atomic mass is 35.5. The Balaban J connectivity index is 2.13. The molecule has 1 aromatic heterocycles. The van der Waals surface area contributed by atoms with E-state index in [1.54, 1.807) is 19.1 Å². The maximum absolute atomic E-state index is 13.6. The number of esters is 1. The summed E-state index contributed by atoms with van der Waals surface area (Å²) >= 11 is 5.86. The van der Waals surface area contributed by atoms with Crippen molar-refractivity contribution in [3.05, 3.63) is 34.7 Å². The SMILES string of the molecule is CCOC(=O)c1cc2cc(F)c(Cl)cc2n1CC1CC1. The molecule has 1 aliphatic carbocycles. The zero-order valence-electron chi connectivity index (χ0n) is 11.2. The largest absolute Gasteiger partial charge is 0.461 e. The van der Waals surface area contributed by atoms with Gasteiger partial charge in [-0.1, -0.05) is 11.6 Å². The zero-order valence-corrected chi connectivity index (χ0v) is 11.9. The minimum Gasteiger partial charge on any atom is -0.461 e. The van der Waals surface area contributed by atoms with Crippen LogP contribution in [-0.2, 0) is 11.3 Å². The van der Waals surface area contributed by atoms with Crippen molar-refractivity contribution in [3.8, 4) is 0 Å². The molecule has 1 saturated carbocycles. The van der Waals surface area contributed by atoms with Crippen molar-refractivity contribution in [1.82, 2.24) is 4.57 Å². The van der Waals surface area contributed by atoms with Crippen LogP contribution in [0.3, 0.4) is 0 Å². The number of ether oxygens (including phenoxy) is 1.